The monoisotopic (exact) mass is 212 g/mol. The molecule has 0 aromatic heterocycles. The smallest absolute Gasteiger partial charge is 0.0149 e. The Kier molecular flexibility index (Phi) is 141. The summed E-state index contributed by atoms with van der Waals surface area (Å²) in [5.41, 5.74) is 0. The molecular formula is H6MgSiZnZr. The fourth-order valence-corrected chi connectivity index (χ4v) is 0. The van der Waals surface area contributed by atoms with Gasteiger partial charge in [0.1, 0.15) is 0 Å². The van der Waals surface area contributed by atoms with Crippen LogP contribution in [0.15, 0.2) is 0 Å². The van der Waals surface area contributed by atoms with Crippen molar-refractivity contribution >= 4 is 34.0 Å². The van der Waals surface area contributed by atoms with Crippen LogP contribution in [0.2, 0.25) is 0 Å². The molecule has 0 unspecified atom stereocenters. The van der Waals surface area contributed by atoms with Crippen LogP contribution >= 0.6 is 0 Å². The molecule has 0 radical (unpaired) electrons. The van der Waals surface area contributed by atoms with Crippen molar-refractivity contribution < 1.29 is 45.7 Å². The summed E-state index contributed by atoms with van der Waals surface area (Å²) in [6.45, 7) is 0. The molecule has 0 rings (SSSR count). The van der Waals surface area contributed by atoms with Gasteiger partial charge in [0.25, 0.3) is 0 Å². The Labute approximate surface area is 78.5 Å². The molecule has 0 amide bonds. The first-order valence-electron chi connectivity index (χ1n) is 0. The number of hydrogen-bond donors (Lipinski definition) is 0. The fraction of sp³-hybridized carbons (Fsp3) is 0. The van der Waals surface area contributed by atoms with Crippen LogP contribution in [0, 0.1) is 0 Å². The molecule has 0 N–H and O–H groups in total. The Morgan fingerprint density at radius 3 is 1.00 bits per heavy atom. The molecule has 0 aromatic carbocycles. The maximum absolute atomic E-state index is 0. The van der Waals surface area contributed by atoms with Crippen molar-refractivity contribution in [1.82, 2.24) is 0 Å². The summed E-state index contributed by atoms with van der Waals surface area (Å²) >= 11 is 0. The SMILES string of the molecule is [MgH2].[SiH4].[Zn].[Zr]. The van der Waals surface area contributed by atoms with Gasteiger partial charge in [-0.25, -0.2) is 0 Å². The summed E-state index contributed by atoms with van der Waals surface area (Å²) in [5, 5.41) is 0. The largest absolute Gasteiger partial charge is 0.316 e. The molecule has 0 atom stereocenters. The molecule has 18 valence electrons. The van der Waals surface area contributed by atoms with E-state index >= 15 is 0 Å². The molecule has 0 bridgehead atoms. The van der Waals surface area contributed by atoms with E-state index in [-0.39, 0.29) is 79.7 Å². The Bertz CT molecular complexity index is 8.00. The van der Waals surface area contributed by atoms with Gasteiger partial charge in [0.15, 0.2) is 0 Å². The predicted molar refractivity (Wildman–Crippen MR) is 19.9 cm³/mol. The molecule has 0 aromatic rings. The van der Waals surface area contributed by atoms with Crippen molar-refractivity contribution in [3.8, 4) is 0 Å². The van der Waals surface area contributed by atoms with E-state index in [1.165, 1.54) is 0 Å². The summed E-state index contributed by atoms with van der Waals surface area (Å²) in [6.07, 6.45) is 0. The molecule has 0 aliphatic rings. The molecule has 0 aliphatic carbocycles. The van der Waals surface area contributed by atoms with Crippen LogP contribution in [0.3, 0.4) is 0 Å². The zero-order valence-electron chi connectivity index (χ0n) is 1.21. The molecule has 0 heterocycles. The van der Waals surface area contributed by atoms with Crippen LogP contribution in [0.5, 0.6) is 0 Å². The van der Waals surface area contributed by atoms with Crippen molar-refractivity contribution in [2.24, 2.45) is 0 Å². The van der Waals surface area contributed by atoms with Gasteiger partial charge < -0.3 is 0 Å². The minimum atomic E-state index is 0. The van der Waals surface area contributed by atoms with E-state index in [1.54, 1.807) is 0 Å². The van der Waals surface area contributed by atoms with Crippen molar-refractivity contribution in [2.45, 2.75) is 0 Å². The van der Waals surface area contributed by atoms with Gasteiger partial charge in [-0.05, 0) is 11.0 Å². The van der Waals surface area contributed by atoms with Crippen LogP contribution < -0.4 is 0 Å². The molecule has 0 spiro atoms. The van der Waals surface area contributed by atoms with Gasteiger partial charge in [0.05, 0.1) is 0 Å². The second-order valence-corrected chi connectivity index (χ2v) is 0. The van der Waals surface area contributed by atoms with E-state index in [0.717, 1.165) is 0 Å². The van der Waals surface area contributed by atoms with Crippen LogP contribution in [0.1, 0.15) is 0 Å². The Morgan fingerprint density at radius 2 is 1.00 bits per heavy atom. The van der Waals surface area contributed by atoms with Gasteiger partial charge >= 0.3 is 23.1 Å². The van der Waals surface area contributed by atoms with Crippen molar-refractivity contribution in [3.05, 3.63) is 0 Å². The normalized spacial score (nSPS) is 0. The zero-order chi connectivity index (χ0) is 0. The van der Waals surface area contributed by atoms with E-state index < -0.39 is 0 Å². The summed E-state index contributed by atoms with van der Waals surface area (Å²) in [6, 6.07) is 0. The Hall–Kier alpha value is 2.49. The van der Waals surface area contributed by atoms with Gasteiger partial charge in [-0.2, -0.15) is 0 Å². The van der Waals surface area contributed by atoms with E-state index in [1.807, 2.05) is 0 Å². The first-order valence-corrected chi connectivity index (χ1v) is 0. The summed E-state index contributed by atoms with van der Waals surface area (Å²) in [7, 11) is 0. The van der Waals surface area contributed by atoms with E-state index in [9.17, 15) is 0 Å². The molecule has 0 saturated heterocycles. The maximum Gasteiger partial charge on any atom is 0.316 e. The minimum absolute atomic E-state index is 0. The van der Waals surface area contributed by atoms with Gasteiger partial charge in [-0.15, -0.1) is 0 Å². The molecule has 0 aliphatic heterocycles. The first-order chi connectivity index (χ1) is 0. The third-order valence-electron chi connectivity index (χ3n) is 0. The van der Waals surface area contributed by atoms with Crippen LogP contribution in [0.25, 0.3) is 0 Å². The van der Waals surface area contributed by atoms with E-state index in [0.29, 0.717) is 0 Å². The van der Waals surface area contributed by atoms with Crippen LogP contribution in [-0.2, 0) is 45.7 Å². The molecule has 0 fully saturated rings. The fourth-order valence-electron chi connectivity index (χ4n) is 0. The van der Waals surface area contributed by atoms with Gasteiger partial charge in [-0.3, -0.25) is 0 Å². The second-order valence-electron chi connectivity index (χ2n) is 0. The van der Waals surface area contributed by atoms with E-state index in [2.05, 4.69) is 0 Å². The van der Waals surface area contributed by atoms with Gasteiger partial charge in [0.2, 0.25) is 0 Å². The quantitative estimate of drug-likeness (QED) is 0.396. The van der Waals surface area contributed by atoms with Gasteiger partial charge in [-0.1, -0.05) is 0 Å². The topological polar surface area (TPSA) is 0 Å². The first kappa shape index (κ1) is 31.6. The standard InChI is InChI=1S/Mg.H4Si.Zn.Zr.2H/h;1H4;;;;. The minimum Gasteiger partial charge on any atom is -0.0149 e. The van der Waals surface area contributed by atoms with Gasteiger partial charge in [0, 0.05) is 45.7 Å². The Balaban J connectivity index is 0. The molecule has 4 heteroatoms. The third kappa shape index (κ3) is 8.82. The number of hydrogen-bond acceptors (Lipinski definition) is 0. The van der Waals surface area contributed by atoms with Crippen LogP contribution in [0.4, 0.5) is 0 Å². The summed E-state index contributed by atoms with van der Waals surface area (Å²) in [5.74, 6) is 0. The zero-order valence-corrected chi connectivity index (χ0v) is 6.63. The Morgan fingerprint density at radius 1 is 1.00 bits per heavy atom. The molecule has 4 heavy (non-hydrogen) atoms. The molecular weight excluding hydrogens is 209 g/mol. The summed E-state index contributed by atoms with van der Waals surface area (Å²) < 4.78 is 0. The average Bonchev–Trinajstić information content (AvgIpc) is 0. The average molecular weight is 215 g/mol. The van der Waals surface area contributed by atoms with Crippen molar-refractivity contribution in [3.63, 3.8) is 0 Å². The summed E-state index contributed by atoms with van der Waals surface area (Å²) in [4.78, 5) is 0. The molecule has 0 nitrogen and oxygen atoms in total. The third-order valence-corrected chi connectivity index (χ3v) is 0. The molecule has 0 saturated carbocycles. The van der Waals surface area contributed by atoms with Crippen molar-refractivity contribution in [1.29, 1.82) is 0 Å². The predicted octanol–water partition coefficient (Wildman–Crippen LogP) is -2.37. The van der Waals surface area contributed by atoms with Crippen molar-refractivity contribution in [2.75, 3.05) is 0 Å². The maximum atomic E-state index is 0. The number of rotatable bonds is 0. The second kappa shape index (κ2) is 17.9. The van der Waals surface area contributed by atoms with E-state index in [4.69, 9.17) is 0 Å². The van der Waals surface area contributed by atoms with Crippen LogP contribution in [-0.4, -0.2) is 34.0 Å².